The number of ether oxygens (including phenoxy) is 1. The predicted octanol–water partition coefficient (Wildman–Crippen LogP) is 3.32. The molecule has 2 heterocycles. The van der Waals surface area contributed by atoms with E-state index in [0.29, 0.717) is 0 Å². The van der Waals surface area contributed by atoms with E-state index in [1.807, 2.05) is 6.07 Å². The van der Waals surface area contributed by atoms with Gasteiger partial charge in [-0.3, -0.25) is 4.99 Å². The summed E-state index contributed by atoms with van der Waals surface area (Å²) in [6.45, 7) is 3.11. The molecule has 0 fully saturated rings. The van der Waals surface area contributed by atoms with Gasteiger partial charge in [0.25, 0.3) is 0 Å². The summed E-state index contributed by atoms with van der Waals surface area (Å²) < 4.78 is 5.28. The lowest BCUT2D eigenvalue weighted by Crippen LogP contribution is -2.11. The highest BCUT2D eigenvalue weighted by Gasteiger charge is 2.18. The molecule has 1 aliphatic rings. The van der Waals surface area contributed by atoms with Crippen LogP contribution in [0.3, 0.4) is 0 Å². The third kappa shape index (κ3) is 1.70. The number of aromatic nitrogens is 1. The number of hydrogen-bond donors (Lipinski definition) is 1. The number of fused-ring (bicyclic) bond motifs is 3. The highest BCUT2D eigenvalue weighted by Crippen LogP contribution is 2.29. The van der Waals surface area contributed by atoms with Crippen LogP contribution >= 0.6 is 0 Å². The first kappa shape index (κ1) is 11.3. The van der Waals surface area contributed by atoms with Crippen molar-refractivity contribution in [2.24, 2.45) is 4.99 Å². The Hall–Kier alpha value is -1.77. The molecule has 0 radical (unpaired) electrons. The van der Waals surface area contributed by atoms with Gasteiger partial charge in [-0.05, 0) is 30.5 Å². The van der Waals surface area contributed by atoms with Gasteiger partial charge in [-0.25, -0.2) is 0 Å². The first-order valence-corrected chi connectivity index (χ1v) is 6.55. The predicted molar refractivity (Wildman–Crippen MR) is 74.9 cm³/mol. The van der Waals surface area contributed by atoms with Gasteiger partial charge in [0.15, 0.2) is 0 Å². The van der Waals surface area contributed by atoms with E-state index in [0.717, 1.165) is 37.1 Å². The van der Waals surface area contributed by atoms with Gasteiger partial charge in [0.1, 0.15) is 5.75 Å². The van der Waals surface area contributed by atoms with E-state index in [2.05, 4.69) is 29.0 Å². The fourth-order valence-corrected chi connectivity index (χ4v) is 2.69. The number of benzene rings is 1. The normalized spacial score (nSPS) is 14.4. The molecule has 3 nitrogen and oxygen atoms in total. The maximum absolute atomic E-state index is 5.28. The molecule has 0 spiro atoms. The summed E-state index contributed by atoms with van der Waals surface area (Å²) in [5, 5.41) is 1.31. The van der Waals surface area contributed by atoms with E-state index in [4.69, 9.17) is 4.74 Å². The van der Waals surface area contributed by atoms with Crippen molar-refractivity contribution in [1.82, 2.24) is 4.98 Å². The van der Waals surface area contributed by atoms with Crippen molar-refractivity contribution in [2.45, 2.75) is 26.2 Å². The summed E-state index contributed by atoms with van der Waals surface area (Å²) in [7, 11) is 1.70. The summed E-state index contributed by atoms with van der Waals surface area (Å²) in [6.07, 6.45) is 3.22. The second kappa shape index (κ2) is 4.48. The number of nitrogens with zero attached hydrogens (tertiary/aromatic N) is 1. The van der Waals surface area contributed by atoms with Gasteiger partial charge in [0, 0.05) is 23.5 Å². The molecule has 1 aromatic carbocycles. The van der Waals surface area contributed by atoms with Gasteiger partial charge in [-0.1, -0.05) is 13.3 Å². The van der Waals surface area contributed by atoms with Crippen molar-refractivity contribution in [2.75, 3.05) is 13.7 Å². The van der Waals surface area contributed by atoms with Crippen molar-refractivity contribution in [3.05, 3.63) is 29.5 Å². The second-order valence-corrected chi connectivity index (χ2v) is 4.72. The molecule has 2 aromatic rings. The van der Waals surface area contributed by atoms with Gasteiger partial charge in [0.05, 0.1) is 18.5 Å². The number of H-pyrrole nitrogens is 1. The summed E-state index contributed by atoms with van der Waals surface area (Å²) in [4.78, 5) is 8.17. The Morgan fingerprint density at radius 3 is 3.06 bits per heavy atom. The summed E-state index contributed by atoms with van der Waals surface area (Å²) in [5.74, 6) is 0.898. The zero-order valence-corrected chi connectivity index (χ0v) is 10.9. The summed E-state index contributed by atoms with van der Waals surface area (Å²) >= 11 is 0. The molecule has 0 atom stereocenters. The molecule has 3 rings (SSSR count). The van der Waals surface area contributed by atoms with E-state index in [1.54, 1.807) is 7.11 Å². The molecule has 18 heavy (non-hydrogen) atoms. The standard InChI is InChI=1S/C15H18N2O/c1-3-4-13-15-12(7-8-16-13)11-6-5-10(18-2)9-14(11)17-15/h5-6,9,17H,3-4,7-8H2,1-2H3. The number of aliphatic imine (C=N–C) groups is 1. The Balaban J connectivity index is 2.15. The Bertz CT molecular complexity index is 610. The monoisotopic (exact) mass is 242 g/mol. The highest BCUT2D eigenvalue weighted by atomic mass is 16.5. The molecule has 0 saturated heterocycles. The molecule has 0 aliphatic carbocycles. The second-order valence-electron chi connectivity index (χ2n) is 4.72. The minimum Gasteiger partial charge on any atom is -0.497 e. The Morgan fingerprint density at radius 1 is 1.39 bits per heavy atom. The van der Waals surface area contributed by atoms with E-state index >= 15 is 0 Å². The van der Waals surface area contributed by atoms with Gasteiger partial charge >= 0.3 is 0 Å². The van der Waals surface area contributed by atoms with Crippen LogP contribution in [0.5, 0.6) is 5.75 Å². The van der Waals surface area contributed by atoms with Crippen LogP contribution in [0, 0.1) is 0 Å². The van der Waals surface area contributed by atoms with Gasteiger partial charge in [-0.15, -0.1) is 0 Å². The third-order valence-electron chi connectivity index (χ3n) is 3.55. The molecule has 1 aromatic heterocycles. The van der Waals surface area contributed by atoms with Crippen molar-refractivity contribution in [1.29, 1.82) is 0 Å². The Kier molecular flexibility index (Phi) is 2.82. The summed E-state index contributed by atoms with van der Waals surface area (Å²) in [6, 6.07) is 6.25. The van der Waals surface area contributed by atoms with Crippen LogP contribution < -0.4 is 4.74 Å². The number of aromatic amines is 1. The fraction of sp³-hybridized carbons (Fsp3) is 0.400. The largest absolute Gasteiger partial charge is 0.497 e. The Labute approximate surface area is 107 Å². The van der Waals surface area contributed by atoms with E-state index in [9.17, 15) is 0 Å². The van der Waals surface area contributed by atoms with Crippen molar-refractivity contribution in [3.63, 3.8) is 0 Å². The molecule has 0 bridgehead atoms. The van der Waals surface area contributed by atoms with Gasteiger partial charge < -0.3 is 9.72 Å². The van der Waals surface area contributed by atoms with Crippen LogP contribution in [-0.2, 0) is 6.42 Å². The number of hydrogen-bond acceptors (Lipinski definition) is 2. The van der Waals surface area contributed by atoms with Crippen LogP contribution in [0.25, 0.3) is 10.9 Å². The first-order chi connectivity index (χ1) is 8.83. The number of nitrogens with one attached hydrogen (secondary N) is 1. The molecule has 0 amide bonds. The summed E-state index contributed by atoms with van der Waals surface area (Å²) in [5.41, 5.74) is 5.05. The molecule has 3 heteroatoms. The van der Waals surface area contributed by atoms with Crippen LogP contribution in [-0.4, -0.2) is 24.4 Å². The van der Waals surface area contributed by atoms with E-state index < -0.39 is 0 Å². The topological polar surface area (TPSA) is 37.4 Å². The zero-order chi connectivity index (χ0) is 12.5. The average Bonchev–Trinajstić information content (AvgIpc) is 2.78. The third-order valence-corrected chi connectivity index (χ3v) is 3.55. The minimum atomic E-state index is 0.898. The molecule has 1 aliphatic heterocycles. The van der Waals surface area contributed by atoms with Crippen molar-refractivity contribution >= 4 is 16.6 Å². The SMILES string of the molecule is CCCC1=NCCc2c1[nH]c1cc(OC)ccc21. The van der Waals surface area contributed by atoms with Gasteiger partial charge in [0.2, 0.25) is 0 Å². The lowest BCUT2D eigenvalue weighted by atomic mass is 10.00. The quantitative estimate of drug-likeness (QED) is 0.880. The lowest BCUT2D eigenvalue weighted by molar-refractivity contribution is 0.415. The molecular weight excluding hydrogens is 224 g/mol. The Morgan fingerprint density at radius 2 is 2.28 bits per heavy atom. The lowest BCUT2D eigenvalue weighted by Gasteiger charge is -2.12. The van der Waals surface area contributed by atoms with E-state index in [-0.39, 0.29) is 0 Å². The molecule has 1 N–H and O–H groups in total. The average molecular weight is 242 g/mol. The van der Waals surface area contributed by atoms with Crippen molar-refractivity contribution < 1.29 is 4.74 Å². The number of rotatable bonds is 3. The zero-order valence-electron chi connectivity index (χ0n) is 10.9. The van der Waals surface area contributed by atoms with Crippen LogP contribution in [0.2, 0.25) is 0 Å². The number of methoxy groups -OCH3 is 1. The minimum absolute atomic E-state index is 0.898. The van der Waals surface area contributed by atoms with Crippen LogP contribution in [0.1, 0.15) is 31.0 Å². The van der Waals surface area contributed by atoms with Crippen LogP contribution in [0.4, 0.5) is 0 Å². The van der Waals surface area contributed by atoms with E-state index in [1.165, 1.54) is 22.4 Å². The highest BCUT2D eigenvalue weighted by molar-refractivity contribution is 6.06. The molecule has 94 valence electrons. The molecule has 0 unspecified atom stereocenters. The maximum atomic E-state index is 5.28. The maximum Gasteiger partial charge on any atom is 0.120 e. The van der Waals surface area contributed by atoms with Crippen molar-refractivity contribution in [3.8, 4) is 5.75 Å². The van der Waals surface area contributed by atoms with Gasteiger partial charge in [-0.2, -0.15) is 0 Å². The fourth-order valence-electron chi connectivity index (χ4n) is 2.69. The molecule has 0 saturated carbocycles. The molecular formula is C15H18N2O. The van der Waals surface area contributed by atoms with Crippen LogP contribution in [0.15, 0.2) is 23.2 Å². The first-order valence-electron chi connectivity index (χ1n) is 6.55. The smallest absolute Gasteiger partial charge is 0.120 e.